The lowest BCUT2D eigenvalue weighted by molar-refractivity contribution is 0.0144. The van der Waals surface area contributed by atoms with Crippen LogP contribution in [0, 0.1) is 6.92 Å². The zero-order valence-electron chi connectivity index (χ0n) is 20.1. The molecule has 3 fully saturated rings. The normalized spacial score (nSPS) is 23.5. The number of hydrogen-bond acceptors (Lipinski definition) is 8. The van der Waals surface area contributed by atoms with Gasteiger partial charge in [0.2, 0.25) is 5.95 Å². The minimum absolute atomic E-state index is 0.171. The Balaban J connectivity index is 1.16. The van der Waals surface area contributed by atoms with Crippen LogP contribution in [0.5, 0.6) is 0 Å². The lowest BCUT2D eigenvalue weighted by Crippen LogP contribution is -2.46. The standard InChI is InChI=1S/C27H30N4O4/c1-16-5-3-4-6-22(16)24-23(25(35-30-24)17-7-8-17)15-34-21-11-19-9-10-20(12-21)31(19)27-28-13-18(14-29-27)26(32)33-2/h3-6,13-14,17,19-21H,7-12,15H2,1-2H3/t19-,20?,21?/m0/s1. The van der Waals surface area contributed by atoms with Gasteiger partial charge in [0.05, 0.1) is 25.4 Å². The van der Waals surface area contributed by atoms with Crippen LogP contribution in [-0.4, -0.2) is 46.4 Å². The van der Waals surface area contributed by atoms with Crippen LogP contribution in [0.1, 0.15) is 71.7 Å². The van der Waals surface area contributed by atoms with Crippen LogP contribution in [0.4, 0.5) is 5.95 Å². The third kappa shape index (κ3) is 4.20. The number of piperidine rings is 1. The molecule has 2 aromatic heterocycles. The summed E-state index contributed by atoms with van der Waals surface area (Å²) in [5.74, 6) is 1.74. The summed E-state index contributed by atoms with van der Waals surface area (Å²) >= 11 is 0. The first-order valence-electron chi connectivity index (χ1n) is 12.5. The fourth-order valence-electron chi connectivity index (χ4n) is 5.65. The maximum absolute atomic E-state index is 11.7. The van der Waals surface area contributed by atoms with Crippen molar-refractivity contribution in [2.45, 2.75) is 76.2 Å². The summed E-state index contributed by atoms with van der Waals surface area (Å²) < 4.78 is 17.2. The van der Waals surface area contributed by atoms with E-state index >= 15 is 0 Å². The molecule has 1 aromatic carbocycles. The minimum Gasteiger partial charge on any atom is -0.465 e. The van der Waals surface area contributed by atoms with Crippen LogP contribution < -0.4 is 4.90 Å². The molecule has 0 spiro atoms. The van der Waals surface area contributed by atoms with Crippen molar-refractivity contribution in [2.75, 3.05) is 12.0 Å². The second-order valence-corrected chi connectivity index (χ2v) is 9.92. The van der Waals surface area contributed by atoms with Crippen LogP contribution in [0.15, 0.2) is 41.2 Å². The van der Waals surface area contributed by atoms with Crippen molar-refractivity contribution in [1.29, 1.82) is 0 Å². The number of anilines is 1. The van der Waals surface area contributed by atoms with E-state index < -0.39 is 5.97 Å². The predicted molar refractivity (Wildman–Crippen MR) is 129 cm³/mol. The summed E-state index contributed by atoms with van der Waals surface area (Å²) in [7, 11) is 1.36. The molecule has 2 saturated heterocycles. The van der Waals surface area contributed by atoms with Gasteiger partial charge in [0.1, 0.15) is 11.5 Å². The summed E-state index contributed by atoms with van der Waals surface area (Å²) in [4.78, 5) is 23.0. The van der Waals surface area contributed by atoms with Crippen molar-refractivity contribution in [1.82, 2.24) is 15.1 Å². The lowest BCUT2D eigenvalue weighted by atomic mass is 9.99. The minimum atomic E-state index is -0.420. The molecule has 35 heavy (non-hydrogen) atoms. The van der Waals surface area contributed by atoms with Crippen molar-refractivity contribution in [3.05, 3.63) is 59.1 Å². The Morgan fingerprint density at radius 3 is 2.46 bits per heavy atom. The highest BCUT2D eigenvalue weighted by atomic mass is 16.5. The van der Waals surface area contributed by atoms with E-state index in [-0.39, 0.29) is 6.10 Å². The van der Waals surface area contributed by atoms with E-state index in [1.54, 1.807) is 12.4 Å². The van der Waals surface area contributed by atoms with Crippen molar-refractivity contribution in [3.8, 4) is 11.3 Å². The number of carbonyl (C=O) groups is 1. The maximum atomic E-state index is 11.7. The number of ether oxygens (including phenoxy) is 2. The Hall–Kier alpha value is -3.26. The van der Waals surface area contributed by atoms with Gasteiger partial charge in [-0.25, -0.2) is 14.8 Å². The number of rotatable bonds is 7. The highest BCUT2D eigenvalue weighted by Crippen LogP contribution is 2.45. The first kappa shape index (κ1) is 22.2. The second kappa shape index (κ2) is 9.07. The van der Waals surface area contributed by atoms with Gasteiger partial charge in [0.25, 0.3) is 0 Å². The van der Waals surface area contributed by atoms with Gasteiger partial charge in [-0.3, -0.25) is 0 Å². The van der Waals surface area contributed by atoms with Crippen LogP contribution >= 0.6 is 0 Å². The van der Waals surface area contributed by atoms with Crippen molar-refractivity contribution in [3.63, 3.8) is 0 Å². The molecule has 0 radical (unpaired) electrons. The molecule has 4 heterocycles. The Morgan fingerprint density at radius 1 is 1.09 bits per heavy atom. The fraction of sp³-hybridized carbons (Fsp3) is 0.481. The Morgan fingerprint density at radius 2 is 1.80 bits per heavy atom. The highest BCUT2D eigenvalue weighted by Gasteiger charge is 2.43. The van der Waals surface area contributed by atoms with Crippen LogP contribution in [-0.2, 0) is 16.1 Å². The number of carbonyl (C=O) groups excluding carboxylic acids is 1. The van der Waals surface area contributed by atoms with Crippen LogP contribution in [0.2, 0.25) is 0 Å². The summed E-state index contributed by atoms with van der Waals surface area (Å²) in [5, 5.41) is 4.48. The fourth-order valence-corrected chi connectivity index (χ4v) is 5.65. The number of methoxy groups -OCH3 is 1. The van der Waals surface area contributed by atoms with Gasteiger partial charge in [-0.2, -0.15) is 0 Å². The largest absolute Gasteiger partial charge is 0.465 e. The first-order chi connectivity index (χ1) is 17.1. The molecule has 0 N–H and O–H groups in total. The topological polar surface area (TPSA) is 90.6 Å². The molecule has 2 bridgehead atoms. The molecule has 3 aromatic rings. The second-order valence-electron chi connectivity index (χ2n) is 9.92. The van der Waals surface area contributed by atoms with Crippen molar-refractivity contribution in [2.24, 2.45) is 0 Å². The highest BCUT2D eigenvalue weighted by molar-refractivity contribution is 5.88. The Kier molecular flexibility index (Phi) is 5.76. The summed E-state index contributed by atoms with van der Waals surface area (Å²) in [5.41, 5.74) is 4.70. The van der Waals surface area contributed by atoms with Crippen LogP contribution in [0.3, 0.4) is 0 Å². The number of aromatic nitrogens is 3. The molecule has 0 amide bonds. The summed E-state index contributed by atoms with van der Waals surface area (Å²) in [6, 6.07) is 8.99. The van der Waals surface area contributed by atoms with E-state index in [1.807, 2.05) is 12.1 Å². The average molecular weight is 475 g/mol. The average Bonchev–Trinajstić information content (AvgIpc) is 3.59. The molecule has 8 heteroatoms. The SMILES string of the molecule is COC(=O)c1cnc(N2C3CC[C@H]2CC(OCc2c(-c4ccccc4C)noc2C2CC2)C3)nc1. The summed E-state index contributed by atoms with van der Waals surface area (Å²) in [6.45, 7) is 2.63. The predicted octanol–water partition coefficient (Wildman–Crippen LogP) is 4.82. The third-order valence-corrected chi connectivity index (χ3v) is 7.61. The molecule has 182 valence electrons. The number of benzene rings is 1. The molecular formula is C27H30N4O4. The van der Waals surface area contributed by atoms with Gasteiger partial charge < -0.3 is 18.9 Å². The molecule has 8 nitrogen and oxygen atoms in total. The molecule has 3 atom stereocenters. The van der Waals surface area contributed by atoms with E-state index in [9.17, 15) is 4.79 Å². The zero-order valence-corrected chi connectivity index (χ0v) is 20.1. The van der Waals surface area contributed by atoms with Gasteiger partial charge >= 0.3 is 5.97 Å². The van der Waals surface area contributed by atoms with Gasteiger partial charge in [0.15, 0.2) is 0 Å². The number of nitrogens with zero attached hydrogens (tertiary/aromatic N) is 4. The molecule has 3 aliphatic rings. The molecule has 1 saturated carbocycles. The van der Waals surface area contributed by atoms with Gasteiger partial charge in [0, 0.05) is 41.5 Å². The lowest BCUT2D eigenvalue weighted by Gasteiger charge is -2.38. The zero-order chi connectivity index (χ0) is 23.9. The Labute approximate surface area is 204 Å². The van der Waals surface area contributed by atoms with Crippen molar-refractivity contribution >= 4 is 11.9 Å². The van der Waals surface area contributed by atoms with E-state index in [4.69, 9.17) is 14.0 Å². The monoisotopic (exact) mass is 474 g/mol. The molecule has 2 unspecified atom stereocenters. The van der Waals surface area contributed by atoms with E-state index in [0.29, 0.717) is 36.1 Å². The van der Waals surface area contributed by atoms with Gasteiger partial charge in [-0.1, -0.05) is 29.4 Å². The van der Waals surface area contributed by atoms with E-state index in [2.05, 4.69) is 39.1 Å². The van der Waals surface area contributed by atoms with Gasteiger partial charge in [-0.05, 0) is 51.0 Å². The number of hydrogen-bond donors (Lipinski definition) is 0. The van der Waals surface area contributed by atoms with Crippen molar-refractivity contribution < 1.29 is 18.8 Å². The summed E-state index contributed by atoms with van der Waals surface area (Å²) in [6.07, 6.45) is 9.65. The molecule has 1 aliphatic carbocycles. The quantitative estimate of drug-likeness (QED) is 0.450. The Bertz CT molecular complexity index is 1210. The number of aryl methyl sites for hydroxylation is 1. The molecule has 2 aliphatic heterocycles. The van der Waals surface area contributed by atoms with Crippen LogP contribution in [0.25, 0.3) is 11.3 Å². The third-order valence-electron chi connectivity index (χ3n) is 7.61. The number of fused-ring (bicyclic) bond motifs is 2. The number of esters is 1. The van der Waals surface area contributed by atoms with E-state index in [1.165, 1.54) is 12.7 Å². The molecular weight excluding hydrogens is 444 g/mol. The smallest absolute Gasteiger partial charge is 0.341 e. The van der Waals surface area contributed by atoms with E-state index in [0.717, 1.165) is 61.1 Å². The maximum Gasteiger partial charge on any atom is 0.341 e. The first-order valence-corrected chi connectivity index (χ1v) is 12.5. The van der Waals surface area contributed by atoms with Gasteiger partial charge in [-0.15, -0.1) is 0 Å². The molecule has 6 rings (SSSR count).